The number of nitrogens with one attached hydrogen (secondary N) is 1. The monoisotopic (exact) mass is 607 g/mol. The highest BCUT2D eigenvalue weighted by molar-refractivity contribution is 6.74. The van der Waals surface area contributed by atoms with Crippen LogP contribution in [0.5, 0.6) is 0 Å². The Kier molecular flexibility index (Phi) is 10.9. The first-order valence-electron chi connectivity index (χ1n) is 14.0. The van der Waals surface area contributed by atoms with Crippen LogP contribution in [0.2, 0.25) is 36.3 Å². The molecule has 1 aliphatic heterocycles. The molecule has 0 spiro atoms. The van der Waals surface area contributed by atoms with Crippen molar-refractivity contribution in [2.24, 2.45) is 0 Å². The smallest absolute Gasteiger partial charge is 0.351 e. The van der Waals surface area contributed by atoms with Crippen molar-refractivity contribution in [2.45, 2.75) is 122 Å². The molecule has 0 aliphatic carbocycles. The van der Waals surface area contributed by atoms with Gasteiger partial charge < -0.3 is 23.6 Å². The molecule has 5 atom stereocenters. The van der Waals surface area contributed by atoms with Gasteiger partial charge in [0.2, 0.25) is 5.91 Å². The Hall–Kier alpha value is -2.39. The van der Waals surface area contributed by atoms with Crippen molar-refractivity contribution in [3.05, 3.63) is 48.1 Å². The first-order valence-corrected chi connectivity index (χ1v) is 19.8. The molecule has 10 nitrogen and oxygen atoms in total. The average molecular weight is 608 g/mol. The van der Waals surface area contributed by atoms with Gasteiger partial charge in [-0.15, -0.1) is 6.58 Å². The van der Waals surface area contributed by atoms with E-state index in [2.05, 4.69) is 91.2 Å². The molecule has 12 heteroatoms. The summed E-state index contributed by atoms with van der Waals surface area (Å²) in [5.41, 5.74) is -0.625. The largest absolute Gasteiger partial charge is 0.456 e. The number of anilines is 1. The van der Waals surface area contributed by atoms with Crippen LogP contribution in [-0.4, -0.2) is 62.5 Å². The maximum absolute atomic E-state index is 13.3. The third kappa shape index (κ3) is 8.34. The van der Waals surface area contributed by atoms with Crippen LogP contribution < -0.4 is 11.0 Å². The number of esters is 1. The number of nitrogens with zero attached hydrogens (tertiary/aromatic N) is 2. The van der Waals surface area contributed by atoms with Crippen molar-refractivity contribution in [3.8, 4) is 0 Å². The molecule has 1 aliphatic rings. The summed E-state index contributed by atoms with van der Waals surface area (Å²) in [6.07, 6.45) is 0.664. The van der Waals surface area contributed by atoms with E-state index in [9.17, 15) is 14.4 Å². The fraction of sp³-hybridized carbons (Fsp3) is 0.655. The van der Waals surface area contributed by atoms with Crippen LogP contribution in [0, 0.1) is 0 Å². The van der Waals surface area contributed by atoms with Gasteiger partial charge >= 0.3 is 11.7 Å². The molecule has 41 heavy (non-hydrogen) atoms. The zero-order valence-corrected chi connectivity index (χ0v) is 28.6. The van der Waals surface area contributed by atoms with Gasteiger partial charge in [-0.05, 0) is 42.3 Å². The van der Waals surface area contributed by atoms with Crippen LogP contribution in [0.25, 0.3) is 0 Å². The third-order valence-electron chi connectivity index (χ3n) is 8.31. The van der Waals surface area contributed by atoms with Gasteiger partial charge in [0.15, 0.2) is 22.9 Å². The maximum atomic E-state index is 13.3. The van der Waals surface area contributed by atoms with Crippen molar-refractivity contribution in [1.82, 2.24) is 9.55 Å². The van der Waals surface area contributed by atoms with E-state index in [1.807, 2.05) is 0 Å². The molecule has 1 saturated heterocycles. The topological polar surface area (TPSA) is 118 Å². The van der Waals surface area contributed by atoms with Gasteiger partial charge in [0.1, 0.15) is 30.2 Å². The quantitative estimate of drug-likeness (QED) is 0.151. The molecule has 1 aromatic rings. The van der Waals surface area contributed by atoms with Gasteiger partial charge in [-0.25, -0.2) is 9.59 Å². The lowest BCUT2D eigenvalue weighted by molar-refractivity contribution is -0.155. The molecule has 0 bridgehead atoms. The summed E-state index contributed by atoms with van der Waals surface area (Å²) in [5.74, 6) is -0.811. The Morgan fingerprint density at radius 2 is 1.61 bits per heavy atom. The fourth-order valence-electron chi connectivity index (χ4n) is 3.95. The van der Waals surface area contributed by atoms with Crippen LogP contribution >= 0.6 is 0 Å². The minimum atomic E-state index is -2.46. The van der Waals surface area contributed by atoms with Gasteiger partial charge in [-0.1, -0.05) is 54.2 Å². The summed E-state index contributed by atoms with van der Waals surface area (Å²) < 4.78 is 27.8. The highest BCUT2D eigenvalue weighted by Crippen LogP contribution is 2.46. The van der Waals surface area contributed by atoms with E-state index in [4.69, 9.17) is 18.3 Å². The molecule has 1 fully saturated rings. The summed E-state index contributed by atoms with van der Waals surface area (Å²) in [6, 6.07) is 1.53. The lowest BCUT2D eigenvalue weighted by Gasteiger charge is -2.44. The first kappa shape index (κ1) is 34.8. The predicted octanol–water partition coefficient (Wildman–Crippen LogP) is 5.55. The van der Waals surface area contributed by atoms with Crippen LogP contribution in [-0.2, 0) is 27.9 Å². The standard InChI is InChI=1S/C29H49N3O7Si2/c1-14-16-20(36-22(34)15-2)23-24(38-40(10,11)28(4,5)6)25(39-41(12,13)29(7,8)9)26(37-23)32-18-17-21(30-19(3)33)31-27(32)35/h14-15,17-18,20,23-26H,1-2,16H2,3-13H3,(H,30,31,33,35)/t20-,23-,24-,25+,26-/m1/s1. The number of carbonyl (C=O) groups excluding carboxylic acids is 2. The molecule has 2 heterocycles. The lowest BCUT2D eigenvalue weighted by atomic mass is 10.0. The molecule has 0 aromatic carbocycles. The van der Waals surface area contributed by atoms with E-state index in [0.717, 1.165) is 6.08 Å². The van der Waals surface area contributed by atoms with E-state index in [-0.39, 0.29) is 28.2 Å². The highest BCUT2D eigenvalue weighted by atomic mass is 28.4. The van der Waals surface area contributed by atoms with Crippen molar-refractivity contribution < 1.29 is 27.9 Å². The van der Waals surface area contributed by atoms with Gasteiger partial charge in [0.05, 0.1) is 0 Å². The minimum absolute atomic E-state index is 0.133. The minimum Gasteiger partial charge on any atom is -0.456 e. The van der Waals surface area contributed by atoms with Gasteiger partial charge in [-0.3, -0.25) is 9.36 Å². The summed E-state index contributed by atoms with van der Waals surface area (Å²) in [7, 11) is -4.91. The number of hydrogen-bond acceptors (Lipinski definition) is 8. The average Bonchev–Trinajstić information content (AvgIpc) is 3.13. The van der Waals surface area contributed by atoms with Crippen molar-refractivity contribution in [2.75, 3.05) is 5.32 Å². The SMILES string of the molecule is C=CC[C@@H](OC(=O)C=C)[C@H]1O[C@@H](n2ccc(NC(C)=O)nc2=O)[C@@H](O[Si](C)(C)C(C)(C)C)[C@@H]1O[Si](C)(C)C(C)(C)C. The van der Waals surface area contributed by atoms with E-state index >= 15 is 0 Å². The fourth-order valence-corrected chi connectivity index (χ4v) is 6.54. The summed E-state index contributed by atoms with van der Waals surface area (Å²) in [4.78, 5) is 41.3. The van der Waals surface area contributed by atoms with Gasteiger partial charge in [-0.2, -0.15) is 4.98 Å². The van der Waals surface area contributed by atoms with Crippen molar-refractivity contribution >= 4 is 34.3 Å². The van der Waals surface area contributed by atoms with Crippen LogP contribution in [0.15, 0.2) is 42.4 Å². The molecule has 0 unspecified atom stereocenters. The number of aromatic nitrogens is 2. The summed E-state index contributed by atoms with van der Waals surface area (Å²) in [6.45, 7) is 30.1. The molecular formula is C29H49N3O7Si2. The second-order valence-corrected chi connectivity index (χ2v) is 23.1. The van der Waals surface area contributed by atoms with E-state index in [1.165, 1.54) is 23.8 Å². The van der Waals surface area contributed by atoms with Crippen LogP contribution in [0.4, 0.5) is 5.82 Å². The molecule has 1 N–H and O–H groups in total. The Morgan fingerprint density at radius 1 is 1.07 bits per heavy atom. The number of hydrogen-bond donors (Lipinski definition) is 1. The number of amides is 1. The van der Waals surface area contributed by atoms with Gasteiger partial charge in [0, 0.05) is 25.6 Å². The number of rotatable bonds is 11. The zero-order valence-electron chi connectivity index (χ0n) is 26.6. The van der Waals surface area contributed by atoms with E-state index < -0.39 is 58.9 Å². The number of carbonyl (C=O) groups is 2. The lowest BCUT2D eigenvalue weighted by Crippen LogP contribution is -2.55. The zero-order chi connectivity index (χ0) is 31.6. The molecule has 0 saturated carbocycles. The normalized spacial score (nSPS) is 22.6. The second kappa shape index (κ2) is 12.9. The van der Waals surface area contributed by atoms with E-state index in [1.54, 1.807) is 6.08 Å². The molecule has 230 valence electrons. The number of ether oxygens (including phenoxy) is 2. The predicted molar refractivity (Wildman–Crippen MR) is 166 cm³/mol. The summed E-state index contributed by atoms with van der Waals surface area (Å²) >= 11 is 0. The Labute approximate surface area is 246 Å². The molecule has 2 rings (SSSR count). The molecule has 0 radical (unpaired) electrons. The first-order chi connectivity index (χ1) is 18.6. The van der Waals surface area contributed by atoms with Crippen LogP contribution in [0.3, 0.4) is 0 Å². The maximum Gasteiger partial charge on any atom is 0.351 e. The van der Waals surface area contributed by atoms with Crippen molar-refractivity contribution in [3.63, 3.8) is 0 Å². The Balaban J connectivity index is 2.78. The Morgan fingerprint density at radius 3 is 2.05 bits per heavy atom. The molecular weight excluding hydrogens is 559 g/mol. The van der Waals surface area contributed by atoms with Crippen LogP contribution in [0.1, 0.15) is 61.1 Å². The molecule has 1 amide bonds. The van der Waals surface area contributed by atoms with Crippen molar-refractivity contribution in [1.29, 1.82) is 0 Å². The summed E-state index contributed by atoms with van der Waals surface area (Å²) in [5, 5.41) is 2.22. The second-order valence-electron chi connectivity index (χ2n) is 13.6. The van der Waals surface area contributed by atoms with E-state index in [0.29, 0.717) is 0 Å². The highest BCUT2D eigenvalue weighted by Gasteiger charge is 2.56. The third-order valence-corrected chi connectivity index (χ3v) is 17.3. The Bertz CT molecular complexity index is 1180. The molecule has 1 aromatic heterocycles. The van der Waals surface area contributed by atoms with Gasteiger partial charge in [0.25, 0.3) is 0 Å².